The monoisotopic (exact) mass is 213 g/mol. The number of likely N-dealkylation sites (tertiary alicyclic amines) is 1. The van der Waals surface area contributed by atoms with Crippen molar-refractivity contribution in [3.63, 3.8) is 0 Å². The van der Waals surface area contributed by atoms with Crippen molar-refractivity contribution in [3.05, 3.63) is 0 Å². The average molecular weight is 213 g/mol. The molecular weight excluding hydrogens is 186 g/mol. The minimum atomic E-state index is 0.595. The van der Waals surface area contributed by atoms with Gasteiger partial charge in [0.05, 0.1) is 6.61 Å². The molecular formula is C13H27NO. The van der Waals surface area contributed by atoms with Crippen molar-refractivity contribution >= 4 is 0 Å². The van der Waals surface area contributed by atoms with Crippen LogP contribution in [0.25, 0.3) is 0 Å². The Bertz CT molecular complexity index is 162. The summed E-state index contributed by atoms with van der Waals surface area (Å²) in [6.45, 7) is 13.3. The third-order valence-corrected chi connectivity index (χ3v) is 3.70. The molecule has 0 aromatic rings. The first-order chi connectivity index (χ1) is 7.15. The number of ether oxygens (including phenoxy) is 1. The quantitative estimate of drug-likeness (QED) is 0.696. The van der Waals surface area contributed by atoms with E-state index in [0.717, 1.165) is 25.0 Å². The topological polar surface area (TPSA) is 12.5 Å². The van der Waals surface area contributed by atoms with Crippen molar-refractivity contribution in [1.29, 1.82) is 0 Å². The summed E-state index contributed by atoms with van der Waals surface area (Å²) in [6.07, 6.45) is 2.74. The van der Waals surface area contributed by atoms with Gasteiger partial charge in [-0.15, -0.1) is 0 Å². The minimum absolute atomic E-state index is 0.595. The smallest absolute Gasteiger partial charge is 0.0618 e. The Morgan fingerprint density at radius 2 is 1.80 bits per heavy atom. The minimum Gasteiger partial charge on any atom is -0.380 e. The molecule has 0 aromatic carbocycles. The maximum absolute atomic E-state index is 5.48. The van der Waals surface area contributed by atoms with E-state index in [1.807, 2.05) is 0 Å². The van der Waals surface area contributed by atoms with Gasteiger partial charge >= 0.3 is 0 Å². The van der Waals surface area contributed by atoms with Crippen LogP contribution in [0.3, 0.4) is 0 Å². The second kappa shape index (κ2) is 6.49. The average Bonchev–Trinajstić information content (AvgIpc) is 2.26. The molecule has 0 aromatic heterocycles. The highest BCUT2D eigenvalue weighted by molar-refractivity contribution is 4.77. The van der Waals surface area contributed by atoms with Crippen molar-refractivity contribution in [1.82, 2.24) is 4.90 Å². The Balaban J connectivity index is 2.24. The fraction of sp³-hybridized carbons (Fsp3) is 1.00. The second-order valence-electron chi connectivity index (χ2n) is 5.13. The van der Waals surface area contributed by atoms with Crippen molar-refractivity contribution < 1.29 is 4.74 Å². The zero-order chi connectivity index (χ0) is 11.3. The van der Waals surface area contributed by atoms with Crippen LogP contribution < -0.4 is 0 Å². The van der Waals surface area contributed by atoms with Gasteiger partial charge in [-0.05, 0) is 51.6 Å². The molecule has 15 heavy (non-hydrogen) atoms. The Hall–Kier alpha value is -0.0800. The summed E-state index contributed by atoms with van der Waals surface area (Å²) in [5.74, 6) is 1.80. The standard InChI is InChI=1S/C13H27NO/c1-5-15-10-12(4)14-8-6-13(7-9-14)11(2)3/h11-13H,5-10H2,1-4H3/t12-/m1/s1. The highest BCUT2D eigenvalue weighted by Gasteiger charge is 2.24. The fourth-order valence-corrected chi connectivity index (χ4v) is 2.42. The lowest BCUT2D eigenvalue weighted by Gasteiger charge is -2.37. The molecule has 0 bridgehead atoms. The number of piperidine rings is 1. The van der Waals surface area contributed by atoms with Crippen LogP contribution in [0.2, 0.25) is 0 Å². The lowest BCUT2D eigenvalue weighted by Crippen LogP contribution is -2.42. The summed E-state index contributed by atoms with van der Waals surface area (Å²) in [5, 5.41) is 0. The van der Waals surface area contributed by atoms with E-state index >= 15 is 0 Å². The first-order valence-electron chi connectivity index (χ1n) is 6.47. The SMILES string of the molecule is CCOC[C@@H](C)N1CCC(C(C)C)CC1. The number of nitrogens with zero attached hydrogens (tertiary/aromatic N) is 1. The Labute approximate surface area is 95.0 Å². The highest BCUT2D eigenvalue weighted by atomic mass is 16.5. The molecule has 0 amide bonds. The van der Waals surface area contributed by atoms with Crippen LogP contribution in [0.5, 0.6) is 0 Å². The number of rotatable bonds is 5. The predicted octanol–water partition coefficient (Wildman–Crippen LogP) is 2.78. The van der Waals surface area contributed by atoms with Gasteiger partial charge in [0.15, 0.2) is 0 Å². The van der Waals surface area contributed by atoms with Crippen LogP contribution in [0.1, 0.15) is 40.5 Å². The summed E-state index contributed by atoms with van der Waals surface area (Å²) in [5.41, 5.74) is 0. The largest absolute Gasteiger partial charge is 0.380 e. The summed E-state index contributed by atoms with van der Waals surface area (Å²) >= 11 is 0. The van der Waals surface area contributed by atoms with Gasteiger partial charge in [-0.1, -0.05) is 13.8 Å². The molecule has 0 radical (unpaired) electrons. The molecule has 1 atom stereocenters. The van der Waals surface area contributed by atoms with E-state index in [9.17, 15) is 0 Å². The van der Waals surface area contributed by atoms with Gasteiger partial charge in [-0.25, -0.2) is 0 Å². The fourth-order valence-electron chi connectivity index (χ4n) is 2.42. The number of hydrogen-bond acceptors (Lipinski definition) is 2. The predicted molar refractivity (Wildman–Crippen MR) is 65.1 cm³/mol. The first-order valence-corrected chi connectivity index (χ1v) is 6.47. The third-order valence-electron chi connectivity index (χ3n) is 3.70. The molecule has 1 saturated heterocycles. The Morgan fingerprint density at radius 3 is 2.27 bits per heavy atom. The molecule has 1 aliphatic rings. The summed E-state index contributed by atoms with van der Waals surface area (Å²) < 4.78 is 5.48. The first kappa shape index (κ1) is 13.0. The van der Waals surface area contributed by atoms with Crippen LogP contribution in [0.4, 0.5) is 0 Å². The van der Waals surface area contributed by atoms with Gasteiger partial charge in [-0.2, -0.15) is 0 Å². The molecule has 1 heterocycles. The molecule has 1 aliphatic heterocycles. The molecule has 2 heteroatoms. The summed E-state index contributed by atoms with van der Waals surface area (Å²) in [4.78, 5) is 2.58. The van der Waals surface area contributed by atoms with E-state index in [4.69, 9.17) is 4.74 Å². The van der Waals surface area contributed by atoms with Gasteiger partial charge in [0.2, 0.25) is 0 Å². The summed E-state index contributed by atoms with van der Waals surface area (Å²) in [7, 11) is 0. The van der Waals surface area contributed by atoms with Gasteiger partial charge in [-0.3, -0.25) is 4.90 Å². The maximum Gasteiger partial charge on any atom is 0.0618 e. The van der Waals surface area contributed by atoms with Crippen LogP contribution in [-0.2, 0) is 4.74 Å². The summed E-state index contributed by atoms with van der Waals surface area (Å²) in [6, 6.07) is 0.595. The van der Waals surface area contributed by atoms with Crippen LogP contribution >= 0.6 is 0 Å². The van der Waals surface area contributed by atoms with E-state index in [2.05, 4.69) is 32.6 Å². The van der Waals surface area contributed by atoms with E-state index in [0.29, 0.717) is 6.04 Å². The molecule has 0 saturated carbocycles. The van der Waals surface area contributed by atoms with E-state index < -0.39 is 0 Å². The normalized spacial score (nSPS) is 22.2. The van der Waals surface area contributed by atoms with Crippen molar-refractivity contribution in [3.8, 4) is 0 Å². The van der Waals surface area contributed by atoms with Gasteiger partial charge in [0.25, 0.3) is 0 Å². The van der Waals surface area contributed by atoms with Crippen LogP contribution in [-0.4, -0.2) is 37.2 Å². The molecule has 2 nitrogen and oxygen atoms in total. The zero-order valence-corrected chi connectivity index (χ0v) is 10.8. The van der Waals surface area contributed by atoms with Crippen LogP contribution in [0.15, 0.2) is 0 Å². The third kappa shape index (κ3) is 4.12. The maximum atomic E-state index is 5.48. The van der Waals surface area contributed by atoms with Gasteiger partial charge < -0.3 is 4.74 Å². The van der Waals surface area contributed by atoms with E-state index in [1.54, 1.807) is 0 Å². The highest BCUT2D eigenvalue weighted by Crippen LogP contribution is 2.25. The van der Waals surface area contributed by atoms with Crippen molar-refractivity contribution in [2.45, 2.75) is 46.6 Å². The lowest BCUT2D eigenvalue weighted by atomic mass is 9.86. The Morgan fingerprint density at radius 1 is 1.20 bits per heavy atom. The Kier molecular flexibility index (Phi) is 5.62. The zero-order valence-electron chi connectivity index (χ0n) is 10.8. The molecule has 1 fully saturated rings. The van der Waals surface area contributed by atoms with Crippen molar-refractivity contribution in [2.75, 3.05) is 26.3 Å². The number of hydrogen-bond donors (Lipinski definition) is 0. The van der Waals surface area contributed by atoms with Gasteiger partial charge in [0.1, 0.15) is 0 Å². The molecule has 0 unspecified atom stereocenters. The molecule has 0 N–H and O–H groups in total. The second-order valence-corrected chi connectivity index (χ2v) is 5.13. The van der Waals surface area contributed by atoms with E-state index in [1.165, 1.54) is 25.9 Å². The van der Waals surface area contributed by atoms with E-state index in [-0.39, 0.29) is 0 Å². The molecule has 1 rings (SSSR count). The molecule has 0 aliphatic carbocycles. The molecule has 90 valence electrons. The lowest BCUT2D eigenvalue weighted by molar-refractivity contribution is 0.0494. The molecule has 0 spiro atoms. The van der Waals surface area contributed by atoms with Crippen molar-refractivity contribution in [2.24, 2.45) is 11.8 Å². The van der Waals surface area contributed by atoms with Gasteiger partial charge in [0, 0.05) is 12.6 Å². The van der Waals surface area contributed by atoms with Crippen LogP contribution in [0, 0.1) is 11.8 Å².